The van der Waals surface area contributed by atoms with Gasteiger partial charge in [-0.2, -0.15) is 0 Å². The van der Waals surface area contributed by atoms with E-state index in [0.717, 1.165) is 5.56 Å². The molecule has 1 unspecified atom stereocenters. The Morgan fingerprint density at radius 3 is 2.56 bits per heavy atom. The van der Waals surface area contributed by atoms with Crippen LogP contribution in [0.15, 0.2) is 30.3 Å². The highest BCUT2D eigenvalue weighted by atomic mass is 16.2. The molecule has 1 aromatic carbocycles. The van der Waals surface area contributed by atoms with Gasteiger partial charge in [0.05, 0.1) is 5.41 Å². The number of benzene rings is 1. The van der Waals surface area contributed by atoms with Crippen LogP contribution in [0.1, 0.15) is 25.3 Å². The van der Waals surface area contributed by atoms with Gasteiger partial charge in [0.15, 0.2) is 0 Å². The zero-order valence-electron chi connectivity index (χ0n) is 10.6. The predicted molar refractivity (Wildman–Crippen MR) is 68.8 cm³/mol. The summed E-state index contributed by atoms with van der Waals surface area (Å²) in [5, 5.41) is 0. The van der Waals surface area contributed by atoms with Gasteiger partial charge in [0, 0.05) is 13.0 Å². The van der Waals surface area contributed by atoms with E-state index in [0.29, 0.717) is 19.5 Å². The zero-order chi connectivity index (χ0) is 13.2. The lowest BCUT2D eigenvalue weighted by Crippen LogP contribution is -2.37. The van der Waals surface area contributed by atoms with Gasteiger partial charge in [-0.1, -0.05) is 30.3 Å². The molecule has 1 fully saturated rings. The van der Waals surface area contributed by atoms with Gasteiger partial charge in [0.1, 0.15) is 0 Å². The van der Waals surface area contributed by atoms with Crippen LogP contribution >= 0.6 is 0 Å². The third-order valence-electron chi connectivity index (χ3n) is 3.52. The molecule has 18 heavy (non-hydrogen) atoms. The maximum absolute atomic E-state index is 12.4. The molecule has 2 amide bonds. The molecule has 4 nitrogen and oxygen atoms in total. The van der Waals surface area contributed by atoms with Crippen molar-refractivity contribution in [2.45, 2.75) is 25.2 Å². The van der Waals surface area contributed by atoms with Gasteiger partial charge in [-0.15, -0.1) is 0 Å². The number of carbonyl (C=O) groups is 2. The van der Waals surface area contributed by atoms with Crippen molar-refractivity contribution in [3.05, 3.63) is 35.9 Å². The van der Waals surface area contributed by atoms with E-state index in [9.17, 15) is 9.59 Å². The van der Waals surface area contributed by atoms with Crippen molar-refractivity contribution in [3.63, 3.8) is 0 Å². The number of hydrogen-bond donors (Lipinski definition) is 1. The first-order valence-electron chi connectivity index (χ1n) is 6.20. The predicted octanol–water partition coefficient (Wildman–Crippen LogP) is 1.05. The molecule has 0 aliphatic carbocycles. The average molecular weight is 246 g/mol. The lowest BCUT2D eigenvalue weighted by Gasteiger charge is -2.22. The van der Waals surface area contributed by atoms with E-state index < -0.39 is 5.41 Å². The lowest BCUT2D eigenvalue weighted by atomic mass is 9.81. The van der Waals surface area contributed by atoms with Crippen LogP contribution in [0, 0.1) is 0 Å². The van der Waals surface area contributed by atoms with Crippen LogP contribution in [-0.2, 0) is 15.0 Å². The minimum atomic E-state index is -0.715. The molecule has 2 N–H and O–H groups in total. The molecular formula is C14H18N2O2. The third-order valence-corrected chi connectivity index (χ3v) is 3.52. The molecular weight excluding hydrogens is 228 g/mol. The standard InChI is InChI=1S/C14H18N2O2/c1-14(11-6-3-2-4-7-11)10-12(17)16(13(14)18)9-5-8-15/h2-4,6-7H,5,8-10,15H2,1H3. The minimum Gasteiger partial charge on any atom is -0.330 e. The van der Waals surface area contributed by atoms with Crippen LogP contribution < -0.4 is 5.73 Å². The van der Waals surface area contributed by atoms with Gasteiger partial charge >= 0.3 is 0 Å². The van der Waals surface area contributed by atoms with Gasteiger partial charge in [-0.25, -0.2) is 0 Å². The van der Waals surface area contributed by atoms with Crippen LogP contribution in [0.5, 0.6) is 0 Å². The number of hydrogen-bond acceptors (Lipinski definition) is 3. The number of rotatable bonds is 4. The van der Waals surface area contributed by atoms with Crippen molar-refractivity contribution >= 4 is 11.8 Å². The normalized spacial score (nSPS) is 23.8. The first-order chi connectivity index (χ1) is 8.59. The summed E-state index contributed by atoms with van der Waals surface area (Å²) in [6, 6.07) is 9.48. The number of carbonyl (C=O) groups excluding carboxylic acids is 2. The van der Waals surface area contributed by atoms with Crippen molar-refractivity contribution in [2.24, 2.45) is 5.73 Å². The maximum atomic E-state index is 12.4. The molecule has 1 saturated heterocycles. The fourth-order valence-electron chi connectivity index (χ4n) is 2.39. The molecule has 1 atom stereocenters. The van der Waals surface area contributed by atoms with E-state index in [1.807, 2.05) is 37.3 Å². The van der Waals surface area contributed by atoms with Crippen molar-refractivity contribution < 1.29 is 9.59 Å². The summed E-state index contributed by atoms with van der Waals surface area (Å²) in [5.74, 6) is -0.202. The number of amides is 2. The Morgan fingerprint density at radius 2 is 1.94 bits per heavy atom. The smallest absolute Gasteiger partial charge is 0.240 e. The van der Waals surface area contributed by atoms with Crippen molar-refractivity contribution in [3.8, 4) is 0 Å². The monoisotopic (exact) mass is 246 g/mol. The summed E-state index contributed by atoms with van der Waals surface area (Å²) in [6.45, 7) is 2.75. The zero-order valence-corrected chi connectivity index (χ0v) is 10.6. The molecule has 1 aliphatic heterocycles. The van der Waals surface area contributed by atoms with Crippen molar-refractivity contribution in [1.29, 1.82) is 0 Å². The average Bonchev–Trinajstić information content (AvgIpc) is 2.60. The second kappa shape index (κ2) is 4.90. The molecule has 1 aliphatic rings. The molecule has 2 rings (SSSR count). The first kappa shape index (κ1) is 12.8. The van der Waals surface area contributed by atoms with Crippen LogP contribution in [0.25, 0.3) is 0 Å². The Morgan fingerprint density at radius 1 is 1.28 bits per heavy atom. The number of nitrogens with two attached hydrogens (primary N) is 1. The van der Waals surface area contributed by atoms with E-state index >= 15 is 0 Å². The Bertz CT molecular complexity index is 458. The Balaban J connectivity index is 2.26. The number of nitrogens with zero attached hydrogens (tertiary/aromatic N) is 1. The second-order valence-electron chi connectivity index (χ2n) is 4.87. The van der Waals surface area contributed by atoms with Gasteiger partial charge in [0.25, 0.3) is 0 Å². The van der Waals surface area contributed by atoms with Crippen LogP contribution in [0.4, 0.5) is 0 Å². The van der Waals surface area contributed by atoms with Crippen molar-refractivity contribution in [1.82, 2.24) is 4.90 Å². The summed E-state index contributed by atoms with van der Waals surface area (Å²) in [7, 11) is 0. The summed E-state index contributed by atoms with van der Waals surface area (Å²) < 4.78 is 0. The second-order valence-corrected chi connectivity index (χ2v) is 4.87. The number of imide groups is 1. The molecule has 96 valence electrons. The number of likely N-dealkylation sites (tertiary alicyclic amines) is 1. The molecule has 0 radical (unpaired) electrons. The molecule has 4 heteroatoms. The van der Waals surface area contributed by atoms with Gasteiger partial charge in [-0.3, -0.25) is 14.5 Å². The minimum absolute atomic E-state index is 0.0974. The first-order valence-corrected chi connectivity index (χ1v) is 6.20. The highest BCUT2D eigenvalue weighted by Crippen LogP contribution is 2.36. The Kier molecular flexibility index (Phi) is 3.48. The van der Waals surface area contributed by atoms with Gasteiger partial charge in [-0.05, 0) is 25.5 Å². The molecule has 0 spiro atoms. The SMILES string of the molecule is CC1(c2ccccc2)CC(=O)N(CCCN)C1=O. The van der Waals surface area contributed by atoms with Crippen LogP contribution in [0.3, 0.4) is 0 Å². The van der Waals surface area contributed by atoms with E-state index in [4.69, 9.17) is 5.73 Å². The molecule has 1 heterocycles. The summed E-state index contributed by atoms with van der Waals surface area (Å²) in [5.41, 5.74) is 5.61. The Labute approximate surface area is 107 Å². The fourth-order valence-corrected chi connectivity index (χ4v) is 2.39. The fraction of sp³-hybridized carbons (Fsp3) is 0.429. The third kappa shape index (κ3) is 2.04. The largest absolute Gasteiger partial charge is 0.330 e. The Hall–Kier alpha value is -1.68. The van der Waals surface area contributed by atoms with Crippen molar-refractivity contribution in [2.75, 3.05) is 13.1 Å². The van der Waals surface area contributed by atoms with Crippen LogP contribution in [-0.4, -0.2) is 29.8 Å². The van der Waals surface area contributed by atoms with E-state index in [2.05, 4.69) is 0 Å². The van der Waals surface area contributed by atoms with Crippen LogP contribution in [0.2, 0.25) is 0 Å². The molecule has 0 bridgehead atoms. The quantitative estimate of drug-likeness (QED) is 0.808. The highest BCUT2D eigenvalue weighted by molar-refractivity contribution is 6.08. The van der Waals surface area contributed by atoms with E-state index in [1.54, 1.807) is 0 Å². The molecule has 0 saturated carbocycles. The molecule has 1 aromatic rings. The topological polar surface area (TPSA) is 63.4 Å². The van der Waals surface area contributed by atoms with E-state index in [-0.39, 0.29) is 18.2 Å². The summed E-state index contributed by atoms with van der Waals surface area (Å²) in [4.78, 5) is 25.7. The summed E-state index contributed by atoms with van der Waals surface area (Å²) in [6.07, 6.45) is 0.906. The maximum Gasteiger partial charge on any atom is 0.240 e. The highest BCUT2D eigenvalue weighted by Gasteiger charge is 2.48. The molecule has 0 aromatic heterocycles. The van der Waals surface area contributed by atoms with Gasteiger partial charge < -0.3 is 5.73 Å². The summed E-state index contributed by atoms with van der Waals surface area (Å²) >= 11 is 0. The van der Waals surface area contributed by atoms with E-state index in [1.165, 1.54) is 4.90 Å². The van der Waals surface area contributed by atoms with Gasteiger partial charge in [0.2, 0.25) is 11.8 Å². The lowest BCUT2D eigenvalue weighted by molar-refractivity contribution is -0.139.